The van der Waals surface area contributed by atoms with Crippen LogP contribution in [0.5, 0.6) is 0 Å². The highest BCUT2D eigenvalue weighted by Crippen LogP contribution is 2.47. The molecule has 1 aromatic rings. The molecule has 1 aliphatic carbocycles. The first-order chi connectivity index (χ1) is 6.33. The van der Waals surface area contributed by atoms with Gasteiger partial charge in [0.15, 0.2) is 0 Å². The van der Waals surface area contributed by atoms with E-state index in [-0.39, 0.29) is 11.8 Å². The molecule has 13 heavy (non-hydrogen) atoms. The van der Waals surface area contributed by atoms with Gasteiger partial charge in [-0.25, -0.2) is 0 Å². The van der Waals surface area contributed by atoms with Crippen LogP contribution in [-0.2, 0) is 4.79 Å². The molecule has 0 heterocycles. The molecule has 2 atom stereocenters. The Kier molecular flexibility index (Phi) is 2.05. The maximum atomic E-state index is 11.2. The lowest BCUT2D eigenvalue weighted by Gasteiger charge is -1.98. The van der Waals surface area contributed by atoms with Crippen LogP contribution in [0.15, 0.2) is 30.3 Å². The van der Waals surface area contributed by atoms with Crippen molar-refractivity contribution in [3.05, 3.63) is 35.9 Å². The largest absolute Gasteiger partial charge is 0.359 e. The van der Waals surface area contributed by atoms with Crippen molar-refractivity contribution < 1.29 is 4.79 Å². The van der Waals surface area contributed by atoms with E-state index in [1.54, 1.807) is 7.05 Å². The quantitative estimate of drug-likeness (QED) is 0.725. The molecule has 0 bridgehead atoms. The van der Waals surface area contributed by atoms with Crippen molar-refractivity contribution in [2.75, 3.05) is 7.05 Å². The normalized spacial score (nSPS) is 25.3. The molecule has 0 unspecified atom stereocenters. The minimum atomic E-state index is 0.175. The van der Waals surface area contributed by atoms with E-state index < -0.39 is 0 Å². The average molecular weight is 175 g/mol. The minimum Gasteiger partial charge on any atom is -0.359 e. The number of hydrogen-bond acceptors (Lipinski definition) is 1. The van der Waals surface area contributed by atoms with Crippen LogP contribution in [0.1, 0.15) is 17.9 Å². The van der Waals surface area contributed by atoms with Crippen LogP contribution >= 0.6 is 0 Å². The molecule has 1 fully saturated rings. The second kappa shape index (κ2) is 3.21. The van der Waals surface area contributed by atoms with Gasteiger partial charge in [0.25, 0.3) is 0 Å². The van der Waals surface area contributed by atoms with E-state index in [1.807, 2.05) is 18.2 Å². The van der Waals surface area contributed by atoms with Crippen LogP contribution in [0.2, 0.25) is 0 Å². The van der Waals surface area contributed by atoms with Crippen molar-refractivity contribution in [2.45, 2.75) is 12.3 Å². The molecule has 0 spiro atoms. The molecule has 1 saturated carbocycles. The number of carbonyl (C=O) groups is 1. The molecule has 1 aliphatic rings. The summed E-state index contributed by atoms with van der Waals surface area (Å²) in [5, 5.41) is 2.69. The Hall–Kier alpha value is -1.31. The third-order valence-electron chi connectivity index (χ3n) is 2.60. The highest BCUT2D eigenvalue weighted by Gasteiger charge is 2.43. The van der Waals surface area contributed by atoms with E-state index in [2.05, 4.69) is 17.4 Å². The molecule has 2 nitrogen and oxygen atoms in total. The van der Waals surface area contributed by atoms with Gasteiger partial charge in [0.2, 0.25) is 5.91 Å². The second-order valence-electron chi connectivity index (χ2n) is 3.47. The maximum Gasteiger partial charge on any atom is 0.223 e. The molecular formula is C11H13NO. The Labute approximate surface area is 78.0 Å². The van der Waals surface area contributed by atoms with Crippen molar-refractivity contribution in [1.82, 2.24) is 5.32 Å². The summed E-state index contributed by atoms with van der Waals surface area (Å²) in [6.07, 6.45) is 1.00. The third kappa shape index (κ3) is 1.57. The van der Waals surface area contributed by atoms with Gasteiger partial charge in [-0.1, -0.05) is 30.3 Å². The molecule has 0 aromatic heterocycles. The summed E-state index contributed by atoms with van der Waals surface area (Å²) < 4.78 is 0. The highest BCUT2D eigenvalue weighted by molar-refractivity contribution is 5.82. The number of amides is 1. The topological polar surface area (TPSA) is 29.1 Å². The van der Waals surface area contributed by atoms with Gasteiger partial charge in [0, 0.05) is 13.0 Å². The zero-order valence-electron chi connectivity index (χ0n) is 7.66. The summed E-state index contributed by atoms with van der Waals surface area (Å²) in [5.74, 6) is 0.849. The van der Waals surface area contributed by atoms with Crippen molar-refractivity contribution >= 4 is 5.91 Å². The van der Waals surface area contributed by atoms with Crippen LogP contribution in [0, 0.1) is 5.92 Å². The molecule has 0 saturated heterocycles. The van der Waals surface area contributed by atoms with Gasteiger partial charge in [-0.15, -0.1) is 0 Å². The summed E-state index contributed by atoms with van der Waals surface area (Å²) in [6.45, 7) is 0. The first-order valence-electron chi connectivity index (χ1n) is 4.59. The third-order valence-corrected chi connectivity index (χ3v) is 2.60. The van der Waals surface area contributed by atoms with E-state index in [0.717, 1.165) is 6.42 Å². The fourth-order valence-electron chi connectivity index (χ4n) is 1.74. The molecular weight excluding hydrogens is 162 g/mol. The van der Waals surface area contributed by atoms with Crippen LogP contribution in [0.25, 0.3) is 0 Å². The average Bonchev–Trinajstić information content (AvgIpc) is 2.98. The van der Waals surface area contributed by atoms with Crippen molar-refractivity contribution in [2.24, 2.45) is 5.92 Å². The summed E-state index contributed by atoms with van der Waals surface area (Å²) >= 11 is 0. The molecule has 0 radical (unpaired) electrons. The zero-order chi connectivity index (χ0) is 9.26. The minimum absolute atomic E-state index is 0.175. The summed E-state index contributed by atoms with van der Waals surface area (Å²) in [7, 11) is 1.70. The van der Waals surface area contributed by atoms with Crippen LogP contribution in [0.3, 0.4) is 0 Å². The standard InChI is InChI=1S/C11H13NO/c1-12-11(13)10-7-9(10)8-5-3-2-4-6-8/h2-6,9-10H,7H2,1H3,(H,12,13)/t9-,10+/m0/s1. The number of benzene rings is 1. The number of hydrogen-bond donors (Lipinski definition) is 1. The van der Waals surface area contributed by atoms with Crippen molar-refractivity contribution in [3.63, 3.8) is 0 Å². The van der Waals surface area contributed by atoms with Gasteiger partial charge in [-0.3, -0.25) is 4.79 Å². The Morgan fingerprint density at radius 1 is 1.38 bits per heavy atom. The van der Waals surface area contributed by atoms with Crippen LogP contribution in [0.4, 0.5) is 0 Å². The van der Waals surface area contributed by atoms with Crippen molar-refractivity contribution in [3.8, 4) is 0 Å². The predicted octanol–water partition coefficient (Wildman–Crippen LogP) is 1.54. The second-order valence-corrected chi connectivity index (χ2v) is 3.47. The fourth-order valence-corrected chi connectivity index (χ4v) is 1.74. The molecule has 1 amide bonds. The number of rotatable bonds is 2. The highest BCUT2D eigenvalue weighted by atomic mass is 16.1. The number of nitrogens with one attached hydrogen (secondary N) is 1. The molecule has 2 rings (SSSR count). The Morgan fingerprint density at radius 3 is 2.69 bits per heavy atom. The SMILES string of the molecule is CNC(=O)[C@@H]1C[C@H]1c1ccccc1. The monoisotopic (exact) mass is 175 g/mol. The smallest absolute Gasteiger partial charge is 0.223 e. The van der Waals surface area contributed by atoms with Crippen LogP contribution in [-0.4, -0.2) is 13.0 Å². The summed E-state index contributed by atoms with van der Waals surface area (Å²) in [6, 6.07) is 10.2. The maximum absolute atomic E-state index is 11.2. The first-order valence-corrected chi connectivity index (χ1v) is 4.59. The van der Waals surface area contributed by atoms with Gasteiger partial charge in [0.05, 0.1) is 0 Å². The van der Waals surface area contributed by atoms with E-state index >= 15 is 0 Å². The summed E-state index contributed by atoms with van der Waals surface area (Å²) in [5.41, 5.74) is 1.29. The van der Waals surface area contributed by atoms with E-state index in [9.17, 15) is 4.79 Å². The predicted molar refractivity (Wildman–Crippen MR) is 51.4 cm³/mol. The summed E-state index contributed by atoms with van der Waals surface area (Å²) in [4.78, 5) is 11.2. The molecule has 68 valence electrons. The van der Waals surface area contributed by atoms with E-state index in [0.29, 0.717) is 5.92 Å². The molecule has 0 aliphatic heterocycles. The fraction of sp³-hybridized carbons (Fsp3) is 0.364. The van der Waals surface area contributed by atoms with Gasteiger partial charge in [0.1, 0.15) is 0 Å². The molecule has 1 N–H and O–H groups in total. The first kappa shape index (κ1) is 8.30. The lowest BCUT2D eigenvalue weighted by molar-refractivity contribution is -0.121. The Bertz CT molecular complexity index is 307. The van der Waals surface area contributed by atoms with Gasteiger partial charge in [-0.2, -0.15) is 0 Å². The van der Waals surface area contributed by atoms with E-state index in [4.69, 9.17) is 0 Å². The van der Waals surface area contributed by atoms with Gasteiger partial charge < -0.3 is 5.32 Å². The van der Waals surface area contributed by atoms with E-state index in [1.165, 1.54) is 5.56 Å². The van der Waals surface area contributed by atoms with Crippen molar-refractivity contribution in [1.29, 1.82) is 0 Å². The molecule has 2 heteroatoms. The zero-order valence-corrected chi connectivity index (χ0v) is 7.66. The Balaban J connectivity index is 2.04. The molecule has 1 aromatic carbocycles. The number of carbonyl (C=O) groups excluding carboxylic acids is 1. The lowest BCUT2D eigenvalue weighted by atomic mass is 10.1. The van der Waals surface area contributed by atoms with Gasteiger partial charge >= 0.3 is 0 Å². The Morgan fingerprint density at radius 2 is 2.08 bits per heavy atom. The van der Waals surface area contributed by atoms with Gasteiger partial charge in [-0.05, 0) is 17.9 Å². The lowest BCUT2D eigenvalue weighted by Crippen LogP contribution is -2.20. The van der Waals surface area contributed by atoms with Crippen LogP contribution < -0.4 is 5.32 Å².